The number of rotatable bonds is 7. The highest BCUT2D eigenvalue weighted by molar-refractivity contribution is 7.92. The van der Waals surface area contributed by atoms with Crippen LogP contribution in [-0.2, 0) is 14.8 Å². The van der Waals surface area contributed by atoms with Crippen LogP contribution in [-0.4, -0.2) is 27.5 Å². The Morgan fingerprint density at radius 1 is 1.11 bits per heavy atom. The van der Waals surface area contributed by atoms with Gasteiger partial charge in [-0.05, 0) is 23.8 Å². The van der Waals surface area contributed by atoms with E-state index < -0.39 is 10.0 Å². The van der Waals surface area contributed by atoms with Crippen molar-refractivity contribution < 1.29 is 17.9 Å². The van der Waals surface area contributed by atoms with E-state index in [0.29, 0.717) is 11.4 Å². The minimum atomic E-state index is -3.55. The van der Waals surface area contributed by atoms with E-state index in [1.54, 1.807) is 24.3 Å². The lowest BCUT2D eigenvalue weighted by Gasteiger charge is -2.05. The molecule has 6 nitrogen and oxygen atoms in total. The molecule has 0 unspecified atom stereocenters. The van der Waals surface area contributed by atoms with Gasteiger partial charge in [-0.25, -0.2) is 8.42 Å². The number of anilines is 1. The van der Waals surface area contributed by atoms with Crippen LogP contribution >= 0.6 is 0 Å². The number of sulfonamides is 1. The molecule has 1 amide bonds. The van der Waals surface area contributed by atoms with Crippen LogP contribution in [0.3, 0.4) is 0 Å². The fraction of sp³-hybridized carbons (Fsp3) is 0.150. The van der Waals surface area contributed by atoms with Gasteiger partial charge in [-0.2, -0.15) is 4.72 Å². The molecule has 0 spiro atoms. The molecule has 2 aromatic rings. The Hall–Kier alpha value is -3.08. The van der Waals surface area contributed by atoms with E-state index in [1.165, 1.54) is 13.0 Å². The lowest BCUT2D eigenvalue weighted by atomic mass is 10.2. The normalized spacial score (nSPS) is 10.9. The number of hydrogen-bond acceptors (Lipinski definition) is 4. The van der Waals surface area contributed by atoms with E-state index in [-0.39, 0.29) is 19.1 Å². The maximum Gasteiger partial charge on any atom is 0.234 e. The lowest BCUT2D eigenvalue weighted by molar-refractivity contribution is -0.114. The Morgan fingerprint density at radius 3 is 2.63 bits per heavy atom. The molecule has 0 aliphatic carbocycles. The second-order valence-corrected chi connectivity index (χ2v) is 7.08. The molecular weight excluding hydrogens is 364 g/mol. The van der Waals surface area contributed by atoms with Gasteiger partial charge in [-0.1, -0.05) is 48.2 Å². The van der Waals surface area contributed by atoms with Crippen molar-refractivity contribution in [2.75, 3.05) is 18.5 Å². The average Bonchev–Trinajstić information content (AvgIpc) is 2.64. The van der Waals surface area contributed by atoms with Gasteiger partial charge < -0.3 is 10.1 Å². The molecular formula is C20H20N2O4S. The smallest absolute Gasteiger partial charge is 0.234 e. The minimum Gasteiger partial charge on any atom is -0.481 e. The zero-order valence-corrected chi connectivity index (χ0v) is 15.6. The van der Waals surface area contributed by atoms with Gasteiger partial charge in [0.2, 0.25) is 15.9 Å². The molecule has 0 bridgehead atoms. The molecule has 7 heteroatoms. The molecule has 2 aromatic carbocycles. The molecule has 0 aliphatic rings. The molecule has 27 heavy (non-hydrogen) atoms. The number of benzene rings is 2. The fourth-order valence-electron chi connectivity index (χ4n) is 2.02. The maximum atomic E-state index is 11.9. The Balaban J connectivity index is 1.77. The second kappa shape index (κ2) is 10.2. The maximum absolute atomic E-state index is 11.9. The predicted molar refractivity (Wildman–Crippen MR) is 106 cm³/mol. The quantitative estimate of drug-likeness (QED) is 0.719. The summed E-state index contributed by atoms with van der Waals surface area (Å²) in [7, 11) is -3.55. The van der Waals surface area contributed by atoms with Gasteiger partial charge in [0.1, 0.15) is 12.4 Å². The first-order chi connectivity index (χ1) is 12.9. The molecule has 0 atom stereocenters. The summed E-state index contributed by atoms with van der Waals surface area (Å²) in [6.07, 6.45) is 1.51. The molecule has 0 radical (unpaired) electrons. The first kappa shape index (κ1) is 20.2. The molecule has 0 aliphatic heterocycles. The van der Waals surface area contributed by atoms with Crippen molar-refractivity contribution in [3.63, 3.8) is 0 Å². The van der Waals surface area contributed by atoms with Crippen molar-refractivity contribution in [1.29, 1.82) is 0 Å². The van der Waals surface area contributed by atoms with E-state index in [1.807, 2.05) is 30.3 Å². The summed E-state index contributed by atoms with van der Waals surface area (Å²) in [4.78, 5) is 11.0. The predicted octanol–water partition coefficient (Wildman–Crippen LogP) is 2.62. The highest BCUT2D eigenvalue weighted by Gasteiger charge is 2.02. The van der Waals surface area contributed by atoms with Crippen LogP contribution < -0.4 is 14.8 Å². The summed E-state index contributed by atoms with van der Waals surface area (Å²) in [5.41, 5.74) is 1.43. The summed E-state index contributed by atoms with van der Waals surface area (Å²) < 4.78 is 31.5. The SMILES string of the molecule is CC(=O)Nc1cccc(OCC#CCNS(=O)(=O)/C=C/c2ccccc2)c1. The minimum absolute atomic E-state index is 0.0171. The van der Waals surface area contributed by atoms with E-state index in [9.17, 15) is 13.2 Å². The summed E-state index contributed by atoms with van der Waals surface area (Å²) in [5.74, 6) is 5.81. The molecule has 2 rings (SSSR count). The summed E-state index contributed by atoms with van der Waals surface area (Å²) in [6.45, 7) is 1.51. The molecule has 0 aromatic heterocycles. The van der Waals surface area contributed by atoms with Gasteiger partial charge in [0.05, 0.1) is 6.54 Å². The molecule has 140 valence electrons. The topological polar surface area (TPSA) is 84.5 Å². The molecule has 0 saturated heterocycles. The van der Waals surface area contributed by atoms with Gasteiger partial charge in [0.25, 0.3) is 0 Å². The number of amides is 1. The Kier molecular flexibility index (Phi) is 7.62. The van der Waals surface area contributed by atoms with E-state index >= 15 is 0 Å². The highest BCUT2D eigenvalue weighted by Crippen LogP contribution is 2.16. The van der Waals surface area contributed by atoms with E-state index in [2.05, 4.69) is 21.9 Å². The van der Waals surface area contributed by atoms with Crippen LogP contribution in [0, 0.1) is 11.8 Å². The van der Waals surface area contributed by atoms with E-state index in [4.69, 9.17) is 4.74 Å². The number of ether oxygens (including phenoxy) is 1. The zero-order chi connectivity index (χ0) is 19.5. The standard InChI is InChI=1S/C20H20N2O4S/c1-17(23)22-19-10-7-11-20(16-19)26-14-6-5-13-21-27(24,25)15-12-18-8-3-2-4-9-18/h2-4,7-12,15-16,21H,13-14H2,1H3,(H,22,23)/b15-12+. The Bertz CT molecular complexity index is 958. The van der Waals surface area contributed by atoms with Crippen molar-refractivity contribution in [1.82, 2.24) is 4.72 Å². The van der Waals surface area contributed by atoms with Crippen molar-refractivity contribution in [2.45, 2.75) is 6.92 Å². The van der Waals surface area contributed by atoms with Gasteiger partial charge in [-0.15, -0.1) is 0 Å². The molecule has 2 N–H and O–H groups in total. The van der Waals surface area contributed by atoms with Gasteiger partial charge >= 0.3 is 0 Å². The van der Waals surface area contributed by atoms with Gasteiger partial charge in [0.15, 0.2) is 0 Å². The Morgan fingerprint density at radius 2 is 1.89 bits per heavy atom. The van der Waals surface area contributed by atoms with Crippen molar-refractivity contribution in [2.24, 2.45) is 0 Å². The summed E-state index contributed by atoms with van der Waals surface area (Å²) in [6, 6.07) is 16.1. The van der Waals surface area contributed by atoms with Crippen LogP contribution in [0.5, 0.6) is 5.75 Å². The van der Waals surface area contributed by atoms with Crippen LogP contribution in [0.25, 0.3) is 6.08 Å². The highest BCUT2D eigenvalue weighted by atomic mass is 32.2. The van der Waals surface area contributed by atoms with Crippen LogP contribution in [0.15, 0.2) is 60.0 Å². The van der Waals surface area contributed by atoms with Crippen LogP contribution in [0.1, 0.15) is 12.5 Å². The third-order valence-electron chi connectivity index (χ3n) is 3.19. The number of hydrogen-bond donors (Lipinski definition) is 2. The molecule has 0 heterocycles. The van der Waals surface area contributed by atoms with Gasteiger partial charge in [-0.3, -0.25) is 4.79 Å². The third kappa shape index (κ3) is 8.23. The molecule has 0 fully saturated rings. The third-order valence-corrected chi connectivity index (χ3v) is 4.23. The van der Waals surface area contributed by atoms with Crippen LogP contribution in [0.2, 0.25) is 0 Å². The molecule has 0 saturated carbocycles. The number of nitrogens with one attached hydrogen (secondary N) is 2. The largest absolute Gasteiger partial charge is 0.481 e. The van der Waals surface area contributed by atoms with Crippen LogP contribution in [0.4, 0.5) is 5.69 Å². The first-order valence-electron chi connectivity index (χ1n) is 8.13. The number of carbonyl (C=O) groups excluding carboxylic acids is 1. The summed E-state index contributed by atoms with van der Waals surface area (Å²) >= 11 is 0. The van der Waals surface area contributed by atoms with E-state index in [0.717, 1.165) is 11.0 Å². The lowest BCUT2D eigenvalue weighted by Crippen LogP contribution is -2.21. The first-order valence-corrected chi connectivity index (χ1v) is 9.68. The van der Waals surface area contributed by atoms with Gasteiger partial charge in [0, 0.05) is 24.1 Å². The summed E-state index contributed by atoms with van der Waals surface area (Å²) in [5, 5.41) is 3.76. The number of carbonyl (C=O) groups is 1. The van der Waals surface area contributed by atoms with Crippen molar-refractivity contribution in [3.05, 3.63) is 65.6 Å². The van der Waals surface area contributed by atoms with Crippen molar-refractivity contribution >= 4 is 27.7 Å². The average molecular weight is 384 g/mol. The Labute approximate surface area is 159 Å². The second-order valence-electron chi connectivity index (χ2n) is 5.43. The van der Waals surface area contributed by atoms with Crippen molar-refractivity contribution in [3.8, 4) is 17.6 Å². The fourth-order valence-corrected chi connectivity index (χ4v) is 2.72. The zero-order valence-electron chi connectivity index (χ0n) is 14.8. The monoisotopic (exact) mass is 384 g/mol.